The minimum absolute atomic E-state index is 0.236. The van der Waals surface area contributed by atoms with E-state index in [-0.39, 0.29) is 12.5 Å². The van der Waals surface area contributed by atoms with Crippen LogP contribution < -0.4 is 5.32 Å². The fraction of sp³-hybridized carbons (Fsp3) is 0.938. The fourth-order valence-electron chi connectivity index (χ4n) is 3.67. The molecule has 2 atom stereocenters. The lowest BCUT2D eigenvalue weighted by Gasteiger charge is -2.39. The molecule has 0 aromatic carbocycles. The first-order valence-corrected chi connectivity index (χ1v) is 8.33. The van der Waals surface area contributed by atoms with Crippen LogP contribution in [0, 0.1) is 11.8 Å². The molecule has 4 nitrogen and oxygen atoms in total. The molecule has 2 aliphatic rings. The molecule has 0 radical (unpaired) electrons. The lowest BCUT2D eigenvalue weighted by atomic mass is 9.87. The zero-order valence-electron chi connectivity index (χ0n) is 12.8. The van der Waals surface area contributed by atoms with Crippen LogP contribution in [0.5, 0.6) is 0 Å². The van der Waals surface area contributed by atoms with Gasteiger partial charge in [0.15, 0.2) is 0 Å². The monoisotopic (exact) mass is 282 g/mol. The van der Waals surface area contributed by atoms with Gasteiger partial charge in [-0.1, -0.05) is 26.2 Å². The van der Waals surface area contributed by atoms with Crippen molar-refractivity contribution >= 4 is 5.91 Å². The highest BCUT2D eigenvalue weighted by molar-refractivity contribution is 5.79. The maximum absolute atomic E-state index is 12.6. The zero-order chi connectivity index (χ0) is 14.4. The number of aliphatic hydroxyl groups is 1. The second-order valence-electron chi connectivity index (χ2n) is 6.65. The summed E-state index contributed by atoms with van der Waals surface area (Å²) in [6.45, 7) is 5.10. The SMILES string of the molecule is CC1CC(NCCCO)CN(C(=O)C2CCCCC2)C1. The van der Waals surface area contributed by atoms with E-state index in [0.29, 0.717) is 17.9 Å². The highest BCUT2D eigenvalue weighted by Crippen LogP contribution is 2.27. The normalized spacial score (nSPS) is 28.6. The standard InChI is InChI=1S/C16H30N2O2/c1-13-10-15(17-8-5-9-19)12-18(11-13)16(20)14-6-3-2-4-7-14/h13-15,17,19H,2-12H2,1H3. The van der Waals surface area contributed by atoms with Crippen LogP contribution in [-0.2, 0) is 4.79 Å². The largest absolute Gasteiger partial charge is 0.396 e. The lowest BCUT2D eigenvalue weighted by molar-refractivity contribution is -0.138. The van der Waals surface area contributed by atoms with E-state index < -0.39 is 0 Å². The van der Waals surface area contributed by atoms with Gasteiger partial charge in [-0.2, -0.15) is 0 Å². The van der Waals surface area contributed by atoms with Gasteiger partial charge in [-0.15, -0.1) is 0 Å². The summed E-state index contributed by atoms with van der Waals surface area (Å²) in [5, 5.41) is 12.3. The average molecular weight is 282 g/mol. The van der Waals surface area contributed by atoms with Crippen molar-refractivity contribution in [1.29, 1.82) is 0 Å². The van der Waals surface area contributed by atoms with Gasteiger partial charge in [0.1, 0.15) is 0 Å². The van der Waals surface area contributed by atoms with Gasteiger partial charge in [0.2, 0.25) is 5.91 Å². The van der Waals surface area contributed by atoms with Crippen molar-refractivity contribution in [2.24, 2.45) is 11.8 Å². The third-order valence-electron chi connectivity index (χ3n) is 4.69. The van der Waals surface area contributed by atoms with Crippen LogP contribution in [0.15, 0.2) is 0 Å². The summed E-state index contributed by atoms with van der Waals surface area (Å²) < 4.78 is 0. The van der Waals surface area contributed by atoms with Gasteiger partial charge in [0, 0.05) is 31.7 Å². The molecular weight excluding hydrogens is 252 g/mol. The van der Waals surface area contributed by atoms with E-state index in [1.807, 2.05) is 0 Å². The molecule has 1 heterocycles. The molecule has 2 unspecified atom stereocenters. The number of hydrogen-bond donors (Lipinski definition) is 2. The maximum atomic E-state index is 12.6. The van der Waals surface area contributed by atoms with Crippen molar-refractivity contribution in [3.8, 4) is 0 Å². The molecule has 0 aromatic heterocycles. The number of nitrogens with zero attached hydrogens (tertiary/aromatic N) is 1. The molecule has 0 bridgehead atoms. The summed E-state index contributed by atoms with van der Waals surface area (Å²) in [5.74, 6) is 1.25. The second-order valence-corrected chi connectivity index (χ2v) is 6.65. The Labute approximate surface area is 122 Å². The molecule has 1 saturated carbocycles. The first-order chi connectivity index (χ1) is 9.70. The number of amides is 1. The number of carbonyl (C=O) groups excluding carboxylic acids is 1. The average Bonchev–Trinajstić information content (AvgIpc) is 2.47. The summed E-state index contributed by atoms with van der Waals surface area (Å²) in [6.07, 6.45) is 7.85. The van der Waals surface area contributed by atoms with Crippen LogP contribution in [0.3, 0.4) is 0 Å². The van der Waals surface area contributed by atoms with Crippen LogP contribution in [0.1, 0.15) is 51.9 Å². The Bertz CT molecular complexity index is 303. The molecule has 1 amide bonds. The predicted molar refractivity (Wildman–Crippen MR) is 80.4 cm³/mol. The molecule has 0 spiro atoms. The van der Waals surface area contributed by atoms with Crippen LogP contribution in [0.25, 0.3) is 0 Å². The van der Waals surface area contributed by atoms with Gasteiger partial charge in [-0.3, -0.25) is 4.79 Å². The lowest BCUT2D eigenvalue weighted by Crippen LogP contribution is -2.52. The minimum atomic E-state index is 0.236. The highest BCUT2D eigenvalue weighted by atomic mass is 16.3. The summed E-state index contributed by atoms with van der Waals surface area (Å²) in [7, 11) is 0. The van der Waals surface area contributed by atoms with Crippen LogP contribution in [-0.4, -0.2) is 48.2 Å². The fourth-order valence-corrected chi connectivity index (χ4v) is 3.67. The molecular formula is C16H30N2O2. The number of carbonyl (C=O) groups is 1. The maximum Gasteiger partial charge on any atom is 0.225 e. The van der Waals surface area contributed by atoms with E-state index in [1.54, 1.807) is 0 Å². The molecule has 1 saturated heterocycles. The number of aliphatic hydroxyl groups excluding tert-OH is 1. The second kappa shape index (κ2) is 7.99. The highest BCUT2D eigenvalue weighted by Gasteiger charge is 2.31. The van der Waals surface area contributed by atoms with Gasteiger partial charge in [0.25, 0.3) is 0 Å². The van der Waals surface area contributed by atoms with Crippen LogP contribution >= 0.6 is 0 Å². The first-order valence-electron chi connectivity index (χ1n) is 8.33. The first kappa shape index (κ1) is 15.8. The van der Waals surface area contributed by atoms with Crippen LogP contribution in [0.4, 0.5) is 0 Å². The van der Waals surface area contributed by atoms with Gasteiger partial charge < -0.3 is 15.3 Å². The van der Waals surface area contributed by atoms with E-state index >= 15 is 0 Å². The summed E-state index contributed by atoms with van der Waals surface area (Å²) in [5.41, 5.74) is 0. The minimum Gasteiger partial charge on any atom is -0.396 e. The Morgan fingerprint density at radius 1 is 1.25 bits per heavy atom. The molecule has 2 fully saturated rings. The number of piperidine rings is 1. The zero-order valence-corrected chi connectivity index (χ0v) is 12.8. The number of nitrogens with one attached hydrogen (secondary N) is 1. The van der Waals surface area contributed by atoms with Crippen molar-refractivity contribution in [2.45, 2.75) is 57.9 Å². The van der Waals surface area contributed by atoms with E-state index in [2.05, 4.69) is 17.1 Å². The van der Waals surface area contributed by atoms with Crippen molar-refractivity contribution < 1.29 is 9.90 Å². The van der Waals surface area contributed by atoms with Crippen molar-refractivity contribution in [3.63, 3.8) is 0 Å². The Morgan fingerprint density at radius 3 is 2.70 bits per heavy atom. The molecule has 116 valence electrons. The summed E-state index contributed by atoms with van der Waals surface area (Å²) in [6, 6.07) is 0.401. The van der Waals surface area contributed by atoms with E-state index in [4.69, 9.17) is 5.11 Å². The third-order valence-corrected chi connectivity index (χ3v) is 4.69. The molecule has 1 aliphatic heterocycles. The third kappa shape index (κ3) is 4.45. The molecule has 0 aromatic rings. The quantitative estimate of drug-likeness (QED) is 0.756. The number of hydrogen-bond acceptors (Lipinski definition) is 3. The Hall–Kier alpha value is -0.610. The van der Waals surface area contributed by atoms with Gasteiger partial charge >= 0.3 is 0 Å². The Morgan fingerprint density at radius 2 is 2.00 bits per heavy atom. The van der Waals surface area contributed by atoms with Gasteiger partial charge in [0.05, 0.1) is 0 Å². The summed E-state index contributed by atoms with van der Waals surface area (Å²) in [4.78, 5) is 14.7. The van der Waals surface area contributed by atoms with Gasteiger partial charge in [-0.05, 0) is 38.1 Å². The molecule has 2 N–H and O–H groups in total. The Kier molecular flexibility index (Phi) is 6.30. The van der Waals surface area contributed by atoms with Gasteiger partial charge in [-0.25, -0.2) is 0 Å². The van der Waals surface area contributed by atoms with E-state index in [9.17, 15) is 4.79 Å². The molecule has 2 rings (SSSR count). The summed E-state index contributed by atoms with van der Waals surface area (Å²) >= 11 is 0. The predicted octanol–water partition coefficient (Wildman–Crippen LogP) is 1.78. The number of rotatable bonds is 5. The van der Waals surface area contributed by atoms with Crippen molar-refractivity contribution in [1.82, 2.24) is 10.2 Å². The van der Waals surface area contributed by atoms with Crippen molar-refractivity contribution in [2.75, 3.05) is 26.2 Å². The molecule has 1 aliphatic carbocycles. The smallest absolute Gasteiger partial charge is 0.225 e. The van der Waals surface area contributed by atoms with Crippen LogP contribution in [0.2, 0.25) is 0 Å². The van der Waals surface area contributed by atoms with Crippen molar-refractivity contribution in [3.05, 3.63) is 0 Å². The topological polar surface area (TPSA) is 52.6 Å². The molecule has 20 heavy (non-hydrogen) atoms. The van der Waals surface area contributed by atoms with E-state index in [1.165, 1.54) is 19.3 Å². The number of likely N-dealkylation sites (tertiary alicyclic amines) is 1. The van der Waals surface area contributed by atoms with E-state index in [0.717, 1.165) is 45.3 Å². The Balaban J connectivity index is 1.84. The molecule has 4 heteroatoms.